The summed E-state index contributed by atoms with van der Waals surface area (Å²) in [7, 11) is 0. The van der Waals surface area contributed by atoms with Crippen molar-refractivity contribution >= 4 is 11.8 Å². The highest BCUT2D eigenvalue weighted by atomic mass is 16.5. The lowest BCUT2D eigenvalue weighted by atomic mass is 9.86. The Morgan fingerprint density at radius 1 is 1.00 bits per heavy atom. The normalized spacial score (nSPS) is 21.9. The number of hydrogen-bond donors (Lipinski definition) is 1. The third-order valence-electron chi connectivity index (χ3n) is 7.98. The predicted molar refractivity (Wildman–Crippen MR) is 135 cm³/mol. The Balaban J connectivity index is 1.18. The average Bonchev–Trinajstić information content (AvgIpc) is 3.28. The topological polar surface area (TPSA) is 61.9 Å². The van der Waals surface area contributed by atoms with Crippen molar-refractivity contribution in [2.45, 2.75) is 71.8 Å². The molecule has 186 valence electrons. The van der Waals surface area contributed by atoms with Gasteiger partial charge in [-0.3, -0.25) is 24.7 Å². The number of piperidine rings is 2. The maximum atomic E-state index is 12.4. The van der Waals surface area contributed by atoms with Gasteiger partial charge in [-0.05, 0) is 66.9 Å². The number of carbonyl (C=O) groups is 2. The van der Waals surface area contributed by atoms with Crippen LogP contribution in [0.15, 0.2) is 42.5 Å². The smallest absolute Gasteiger partial charge is 0.243 e. The van der Waals surface area contributed by atoms with Crippen LogP contribution in [0, 0.1) is 11.8 Å². The van der Waals surface area contributed by atoms with Crippen LogP contribution in [0.2, 0.25) is 0 Å². The van der Waals surface area contributed by atoms with Crippen LogP contribution in [0.3, 0.4) is 0 Å². The van der Waals surface area contributed by atoms with E-state index in [-0.39, 0.29) is 17.9 Å². The Labute approximate surface area is 208 Å². The van der Waals surface area contributed by atoms with Crippen molar-refractivity contribution in [1.82, 2.24) is 15.1 Å². The molecule has 2 amide bonds. The van der Waals surface area contributed by atoms with Gasteiger partial charge in [-0.1, -0.05) is 50.2 Å². The van der Waals surface area contributed by atoms with E-state index in [1.165, 1.54) is 42.6 Å². The summed E-state index contributed by atoms with van der Waals surface area (Å²) in [5, 5.41) is 2.48. The number of hydrogen-bond acceptors (Lipinski definition) is 5. The van der Waals surface area contributed by atoms with Crippen LogP contribution in [0.25, 0.3) is 0 Å². The monoisotopic (exact) mass is 475 g/mol. The second kappa shape index (κ2) is 10.5. The number of imide groups is 1. The molecule has 0 radical (unpaired) electrons. The SMILES string of the molecule is CC(C)C1CCN(Cc2cccc(COc3cccc4c3CN(C3CCC(=O)NC3=O)C4)c2)CC1. The van der Waals surface area contributed by atoms with Gasteiger partial charge in [0.2, 0.25) is 11.8 Å². The van der Waals surface area contributed by atoms with Gasteiger partial charge in [-0.25, -0.2) is 0 Å². The summed E-state index contributed by atoms with van der Waals surface area (Å²) >= 11 is 0. The Morgan fingerprint density at radius 2 is 1.77 bits per heavy atom. The van der Waals surface area contributed by atoms with E-state index in [9.17, 15) is 9.59 Å². The van der Waals surface area contributed by atoms with E-state index in [4.69, 9.17) is 4.74 Å². The minimum atomic E-state index is -0.254. The second-order valence-electron chi connectivity index (χ2n) is 10.7. The van der Waals surface area contributed by atoms with E-state index < -0.39 is 0 Å². The quantitative estimate of drug-likeness (QED) is 0.607. The van der Waals surface area contributed by atoms with E-state index in [0.29, 0.717) is 32.5 Å². The fraction of sp³-hybridized carbons (Fsp3) is 0.517. The second-order valence-corrected chi connectivity index (χ2v) is 10.7. The molecule has 0 aromatic heterocycles. The Hall–Kier alpha value is -2.70. The molecule has 2 aromatic carbocycles. The van der Waals surface area contributed by atoms with Gasteiger partial charge in [0.25, 0.3) is 0 Å². The molecule has 5 rings (SSSR count). The number of rotatable bonds is 7. The third kappa shape index (κ3) is 5.60. The lowest BCUT2D eigenvalue weighted by Gasteiger charge is -2.33. The molecule has 1 N–H and O–H groups in total. The summed E-state index contributed by atoms with van der Waals surface area (Å²) in [4.78, 5) is 28.6. The standard InChI is InChI=1S/C29H37N3O3/c1-20(2)23-11-13-31(14-12-23)16-21-5-3-6-22(15-21)19-35-27-8-4-7-24-17-32(18-25(24)27)26-9-10-28(33)30-29(26)34/h3-8,15,20,23,26H,9-14,16-19H2,1-2H3,(H,30,33,34). The highest BCUT2D eigenvalue weighted by molar-refractivity contribution is 6.00. The van der Waals surface area contributed by atoms with Gasteiger partial charge in [-0.2, -0.15) is 0 Å². The first-order chi connectivity index (χ1) is 17.0. The van der Waals surface area contributed by atoms with Gasteiger partial charge < -0.3 is 4.74 Å². The first-order valence-electron chi connectivity index (χ1n) is 13.1. The number of benzene rings is 2. The van der Waals surface area contributed by atoms with Gasteiger partial charge in [0.05, 0.1) is 6.04 Å². The van der Waals surface area contributed by atoms with Crippen LogP contribution in [0.5, 0.6) is 5.75 Å². The maximum Gasteiger partial charge on any atom is 0.243 e. The fourth-order valence-corrected chi connectivity index (χ4v) is 5.82. The van der Waals surface area contributed by atoms with Gasteiger partial charge in [-0.15, -0.1) is 0 Å². The molecule has 0 bridgehead atoms. The summed E-state index contributed by atoms with van der Waals surface area (Å²) in [5.74, 6) is 2.19. The summed E-state index contributed by atoms with van der Waals surface area (Å²) < 4.78 is 6.30. The van der Waals surface area contributed by atoms with Gasteiger partial charge in [0.15, 0.2) is 0 Å². The zero-order chi connectivity index (χ0) is 24.4. The van der Waals surface area contributed by atoms with Crippen molar-refractivity contribution in [3.8, 4) is 5.75 Å². The van der Waals surface area contributed by atoms with Gasteiger partial charge >= 0.3 is 0 Å². The number of fused-ring (bicyclic) bond motifs is 1. The van der Waals surface area contributed by atoms with Gasteiger partial charge in [0, 0.05) is 31.6 Å². The molecule has 3 aliphatic rings. The molecule has 35 heavy (non-hydrogen) atoms. The van der Waals surface area contributed by atoms with Crippen molar-refractivity contribution in [1.29, 1.82) is 0 Å². The number of nitrogens with one attached hydrogen (secondary N) is 1. The molecule has 3 aliphatic heterocycles. The Bertz CT molecular complexity index is 1070. The lowest BCUT2D eigenvalue weighted by Crippen LogP contribution is -2.50. The molecule has 2 saturated heterocycles. The molecule has 0 spiro atoms. The fourth-order valence-electron chi connectivity index (χ4n) is 5.82. The van der Waals surface area contributed by atoms with Crippen molar-refractivity contribution < 1.29 is 14.3 Å². The molecule has 3 heterocycles. The molecule has 1 unspecified atom stereocenters. The zero-order valence-corrected chi connectivity index (χ0v) is 21.0. The number of likely N-dealkylation sites (tertiary alicyclic amines) is 1. The number of nitrogens with zero attached hydrogens (tertiary/aromatic N) is 2. The lowest BCUT2D eigenvalue weighted by molar-refractivity contribution is -0.137. The van der Waals surface area contributed by atoms with Gasteiger partial charge in [0.1, 0.15) is 12.4 Å². The molecule has 0 saturated carbocycles. The van der Waals surface area contributed by atoms with E-state index >= 15 is 0 Å². The highest BCUT2D eigenvalue weighted by Crippen LogP contribution is 2.34. The maximum absolute atomic E-state index is 12.4. The number of carbonyl (C=O) groups excluding carboxylic acids is 2. The zero-order valence-electron chi connectivity index (χ0n) is 21.0. The van der Waals surface area contributed by atoms with Crippen LogP contribution in [0.4, 0.5) is 0 Å². The molecule has 0 aliphatic carbocycles. The van der Waals surface area contributed by atoms with Crippen LogP contribution in [-0.4, -0.2) is 40.7 Å². The van der Waals surface area contributed by atoms with Crippen LogP contribution in [0.1, 0.15) is 61.8 Å². The van der Waals surface area contributed by atoms with Crippen LogP contribution < -0.4 is 10.1 Å². The number of ether oxygens (including phenoxy) is 1. The molecule has 2 fully saturated rings. The summed E-state index contributed by atoms with van der Waals surface area (Å²) in [6.45, 7) is 9.97. The Morgan fingerprint density at radius 3 is 2.54 bits per heavy atom. The molecule has 1 atom stereocenters. The summed E-state index contributed by atoms with van der Waals surface area (Å²) in [5.41, 5.74) is 4.88. The molecular formula is C29H37N3O3. The summed E-state index contributed by atoms with van der Waals surface area (Å²) in [6.07, 6.45) is 3.58. The first kappa shape index (κ1) is 24.0. The molecule has 2 aromatic rings. The predicted octanol–water partition coefficient (Wildman–Crippen LogP) is 4.25. The number of amides is 2. The molecule has 6 nitrogen and oxygen atoms in total. The van der Waals surface area contributed by atoms with Crippen LogP contribution >= 0.6 is 0 Å². The van der Waals surface area contributed by atoms with Crippen molar-refractivity contribution in [2.75, 3.05) is 13.1 Å². The van der Waals surface area contributed by atoms with E-state index in [1.54, 1.807) is 0 Å². The average molecular weight is 476 g/mol. The summed E-state index contributed by atoms with van der Waals surface area (Å²) in [6, 6.07) is 14.7. The largest absolute Gasteiger partial charge is 0.489 e. The van der Waals surface area contributed by atoms with E-state index in [0.717, 1.165) is 29.7 Å². The highest BCUT2D eigenvalue weighted by Gasteiger charge is 2.35. The molecule has 6 heteroatoms. The Kier molecular flexibility index (Phi) is 7.21. The third-order valence-corrected chi connectivity index (χ3v) is 7.98. The van der Waals surface area contributed by atoms with E-state index in [1.807, 2.05) is 12.1 Å². The minimum Gasteiger partial charge on any atom is -0.489 e. The van der Waals surface area contributed by atoms with E-state index in [2.05, 4.69) is 59.3 Å². The van der Waals surface area contributed by atoms with Crippen molar-refractivity contribution in [2.24, 2.45) is 11.8 Å². The van der Waals surface area contributed by atoms with Crippen molar-refractivity contribution in [3.63, 3.8) is 0 Å². The molecular weight excluding hydrogens is 438 g/mol. The van der Waals surface area contributed by atoms with Crippen LogP contribution in [-0.2, 0) is 35.8 Å². The van der Waals surface area contributed by atoms with Crippen molar-refractivity contribution in [3.05, 3.63) is 64.7 Å². The first-order valence-corrected chi connectivity index (χ1v) is 13.1. The minimum absolute atomic E-state index is 0.172.